The van der Waals surface area contributed by atoms with Crippen molar-refractivity contribution in [3.05, 3.63) is 77.7 Å². The zero-order valence-electron chi connectivity index (χ0n) is 23.6. The number of rotatable bonds is 5. The number of aromatic nitrogens is 3. The molecule has 9 heteroatoms. The van der Waals surface area contributed by atoms with Crippen LogP contribution in [-0.2, 0) is 27.2 Å². The van der Waals surface area contributed by atoms with Crippen LogP contribution in [0.3, 0.4) is 0 Å². The number of nitrogens with one attached hydrogen (secondary N) is 1. The number of benzene rings is 2. The summed E-state index contributed by atoms with van der Waals surface area (Å²) in [6.45, 7) is 8.83. The van der Waals surface area contributed by atoms with E-state index >= 15 is 0 Å². The van der Waals surface area contributed by atoms with Gasteiger partial charge in [0.05, 0.1) is 23.4 Å². The van der Waals surface area contributed by atoms with Gasteiger partial charge in [0.1, 0.15) is 0 Å². The summed E-state index contributed by atoms with van der Waals surface area (Å²) in [5.74, 6) is 0.849. The van der Waals surface area contributed by atoms with Crippen LogP contribution in [0.4, 0.5) is 11.5 Å². The first-order valence-electron chi connectivity index (χ1n) is 13.6. The van der Waals surface area contributed by atoms with Crippen molar-refractivity contribution in [3.8, 4) is 11.3 Å². The van der Waals surface area contributed by atoms with Gasteiger partial charge in [0, 0.05) is 63.4 Å². The van der Waals surface area contributed by atoms with Gasteiger partial charge in [-0.25, -0.2) is 9.97 Å². The van der Waals surface area contributed by atoms with Crippen molar-refractivity contribution in [2.45, 2.75) is 39.2 Å². The van der Waals surface area contributed by atoms with Gasteiger partial charge in [0.25, 0.3) is 0 Å². The van der Waals surface area contributed by atoms with E-state index in [1.807, 2.05) is 63.5 Å². The van der Waals surface area contributed by atoms with Gasteiger partial charge in [0.2, 0.25) is 12.3 Å². The Morgan fingerprint density at radius 1 is 1.05 bits per heavy atom. The number of carbonyl (C=O) groups is 2. The molecule has 6 rings (SSSR count). The fourth-order valence-corrected chi connectivity index (χ4v) is 4.87. The molecule has 208 valence electrons. The van der Waals surface area contributed by atoms with Crippen LogP contribution >= 0.6 is 0 Å². The van der Waals surface area contributed by atoms with Crippen LogP contribution in [0.15, 0.2) is 60.9 Å². The number of hydrogen-bond acceptors (Lipinski definition) is 6. The minimum Gasteiger partial charge on any atom is -0.379 e. The highest BCUT2D eigenvalue weighted by atomic mass is 16.5. The quantitative estimate of drug-likeness (QED) is 0.382. The highest BCUT2D eigenvalue weighted by molar-refractivity contribution is 5.99. The summed E-state index contributed by atoms with van der Waals surface area (Å²) in [5, 5.41) is 2.92. The molecule has 4 aromatic rings. The van der Waals surface area contributed by atoms with Gasteiger partial charge in [-0.3, -0.25) is 14.0 Å². The lowest BCUT2D eigenvalue weighted by Crippen LogP contribution is -2.46. The van der Waals surface area contributed by atoms with Gasteiger partial charge in [-0.15, -0.1) is 0 Å². The summed E-state index contributed by atoms with van der Waals surface area (Å²) >= 11 is 0. The summed E-state index contributed by atoms with van der Waals surface area (Å²) in [7, 11) is 1.71. The molecule has 0 spiro atoms. The van der Waals surface area contributed by atoms with Crippen LogP contribution in [0, 0.1) is 0 Å². The minimum absolute atomic E-state index is 0.0238. The van der Waals surface area contributed by atoms with E-state index in [4.69, 9.17) is 9.72 Å². The predicted molar refractivity (Wildman–Crippen MR) is 157 cm³/mol. The molecule has 4 heterocycles. The van der Waals surface area contributed by atoms with Crippen molar-refractivity contribution in [1.29, 1.82) is 0 Å². The average molecular weight is 541 g/mol. The Balaban J connectivity index is 0.000000487. The number of methoxy groups -OCH3 is 1. The molecule has 0 atom stereocenters. The minimum atomic E-state index is 0.0238. The van der Waals surface area contributed by atoms with Gasteiger partial charge in [-0.1, -0.05) is 36.4 Å². The van der Waals surface area contributed by atoms with Crippen LogP contribution in [0.25, 0.3) is 16.9 Å². The largest absolute Gasteiger partial charge is 0.379 e. The van der Waals surface area contributed by atoms with E-state index < -0.39 is 0 Å². The zero-order valence-corrected chi connectivity index (χ0v) is 23.6. The van der Waals surface area contributed by atoms with Crippen LogP contribution in [0.2, 0.25) is 0 Å². The lowest BCUT2D eigenvalue weighted by atomic mass is 10.0. The van der Waals surface area contributed by atoms with Gasteiger partial charge >= 0.3 is 0 Å². The Bertz CT molecular complexity index is 1500. The normalized spacial score (nSPS) is 14.9. The molecule has 2 amide bonds. The molecule has 2 aromatic carbocycles. The van der Waals surface area contributed by atoms with Crippen LogP contribution < -0.4 is 10.2 Å². The summed E-state index contributed by atoms with van der Waals surface area (Å²) in [6, 6.07) is 16.4. The highest BCUT2D eigenvalue weighted by Crippen LogP contribution is 2.34. The third kappa shape index (κ3) is 5.99. The van der Waals surface area contributed by atoms with Gasteiger partial charge in [0.15, 0.2) is 11.5 Å². The van der Waals surface area contributed by atoms with Gasteiger partial charge in [-0.05, 0) is 44.0 Å². The molecule has 0 aliphatic carbocycles. The number of fused-ring (bicyclic) bond motifs is 2. The molecule has 2 aliphatic heterocycles. The summed E-state index contributed by atoms with van der Waals surface area (Å²) < 4.78 is 7.05. The van der Waals surface area contributed by atoms with E-state index in [2.05, 4.69) is 37.8 Å². The average Bonchev–Trinajstić information content (AvgIpc) is 3.52. The topological polar surface area (TPSA) is 92.1 Å². The molecule has 0 saturated carbocycles. The number of hydrogen-bond donors (Lipinski definition) is 1. The first-order chi connectivity index (χ1) is 19.3. The Hall–Kier alpha value is -4.24. The maximum Gasteiger partial charge on any atom is 0.228 e. The van der Waals surface area contributed by atoms with Crippen molar-refractivity contribution >= 4 is 29.5 Å². The third-order valence-corrected chi connectivity index (χ3v) is 7.19. The fraction of sp³-hybridized carbons (Fsp3) is 0.355. The molecule has 0 radical (unpaired) electrons. The monoisotopic (exact) mass is 540 g/mol. The fourth-order valence-electron chi connectivity index (χ4n) is 4.87. The number of piperazine rings is 1. The number of anilines is 2. The van der Waals surface area contributed by atoms with E-state index in [0.29, 0.717) is 39.0 Å². The van der Waals surface area contributed by atoms with E-state index in [1.54, 1.807) is 12.0 Å². The molecule has 0 bridgehead atoms. The number of nitrogens with zero attached hydrogens (tertiary/aromatic N) is 5. The summed E-state index contributed by atoms with van der Waals surface area (Å²) in [6.07, 6.45) is 5.74. The number of ether oxygens (including phenoxy) is 1. The zero-order chi connectivity index (χ0) is 28.3. The second-order valence-corrected chi connectivity index (χ2v) is 11.1. The predicted octanol–water partition coefficient (Wildman–Crippen LogP) is 4.19. The van der Waals surface area contributed by atoms with Crippen LogP contribution in [0.5, 0.6) is 0 Å². The molecule has 9 nitrogen and oxygen atoms in total. The standard InChI is InChI=1S/C26H24N6O2.C5H12O/c33-17-30-10-12-31(13-11-30)25-26-29-22(14-18-4-2-1-3-5-18)24(32(26)9-8-27-25)19-6-7-21-20(15-19)16-23(34)28-21;1-5(2,3)6-4/h1-9,15,17H,10-14,16H2,(H,28,34);1-4H3. The first-order valence-corrected chi connectivity index (χ1v) is 13.6. The van der Waals surface area contributed by atoms with E-state index in [1.165, 1.54) is 5.56 Å². The van der Waals surface area contributed by atoms with E-state index in [0.717, 1.165) is 46.1 Å². The summed E-state index contributed by atoms with van der Waals surface area (Å²) in [4.78, 5) is 36.8. The summed E-state index contributed by atoms with van der Waals surface area (Å²) in [5.41, 5.74) is 6.90. The van der Waals surface area contributed by atoms with Crippen molar-refractivity contribution in [2.75, 3.05) is 43.5 Å². The maximum atomic E-state index is 11.9. The number of carbonyl (C=O) groups excluding carboxylic acids is 2. The third-order valence-electron chi connectivity index (χ3n) is 7.19. The molecular weight excluding hydrogens is 504 g/mol. The maximum absolute atomic E-state index is 11.9. The molecule has 1 saturated heterocycles. The van der Waals surface area contributed by atoms with Crippen LogP contribution in [-0.4, -0.2) is 70.5 Å². The van der Waals surface area contributed by atoms with Crippen molar-refractivity contribution in [1.82, 2.24) is 19.3 Å². The van der Waals surface area contributed by atoms with Crippen LogP contribution in [0.1, 0.15) is 37.6 Å². The highest BCUT2D eigenvalue weighted by Gasteiger charge is 2.24. The second-order valence-electron chi connectivity index (χ2n) is 11.1. The van der Waals surface area contributed by atoms with Crippen molar-refractivity contribution < 1.29 is 14.3 Å². The molecule has 1 fully saturated rings. The number of imidazole rings is 1. The Morgan fingerprint density at radius 2 is 1.77 bits per heavy atom. The molecule has 40 heavy (non-hydrogen) atoms. The second kappa shape index (κ2) is 11.5. The molecule has 0 unspecified atom stereocenters. The SMILES string of the molecule is COC(C)(C)C.O=CN1CCN(c2nccn3c(-c4ccc5c(c4)CC(=O)N5)c(Cc4ccccc4)nc23)CC1. The van der Waals surface area contributed by atoms with E-state index in [9.17, 15) is 9.59 Å². The van der Waals surface area contributed by atoms with E-state index in [-0.39, 0.29) is 11.5 Å². The first kappa shape index (κ1) is 27.3. The van der Waals surface area contributed by atoms with Crippen molar-refractivity contribution in [2.24, 2.45) is 0 Å². The van der Waals surface area contributed by atoms with Gasteiger partial charge < -0.3 is 19.9 Å². The molecule has 1 N–H and O–H groups in total. The smallest absolute Gasteiger partial charge is 0.228 e. The molecule has 2 aliphatic rings. The Kier molecular flexibility index (Phi) is 7.84. The molecular formula is C31H36N6O3. The molecule has 2 aromatic heterocycles. The lowest BCUT2D eigenvalue weighted by molar-refractivity contribution is -0.118. The van der Waals surface area contributed by atoms with Gasteiger partial charge in [-0.2, -0.15) is 0 Å². The number of amides is 2. The Labute approximate surface area is 234 Å². The lowest BCUT2D eigenvalue weighted by Gasteiger charge is -2.33. The Morgan fingerprint density at radius 3 is 2.45 bits per heavy atom. The van der Waals surface area contributed by atoms with Crippen molar-refractivity contribution in [3.63, 3.8) is 0 Å².